The molecule has 0 N–H and O–H groups in total. The molecule has 20 heavy (non-hydrogen) atoms. The Morgan fingerprint density at radius 2 is 2.05 bits per heavy atom. The minimum atomic E-state index is 0.166. The Labute approximate surface area is 124 Å². The van der Waals surface area contributed by atoms with Gasteiger partial charge >= 0.3 is 0 Å². The van der Waals surface area contributed by atoms with Crippen LogP contribution in [-0.2, 0) is 4.79 Å². The molecule has 112 valence electrons. The summed E-state index contributed by atoms with van der Waals surface area (Å²) in [6.07, 6.45) is 7.61. The maximum absolute atomic E-state index is 11.4. The minimum Gasteiger partial charge on any atom is -0.416 e. The zero-order valence-corrected chi connectivity index (χ0v) is 13.1. The third-order valence-electron chi connectivity index (χ3n) is 3.64. The summed E-state index contributed by atoms with van der Waals surface area (Å²) in [4.78, 5) is 13.1. The van der Waals surface area contributed by atoms with Crippen LogP contribution in [-0.4, -0.2) is 40.9 Å². The smallest absolute Gasteiger partial charge is 0.276 e. The van der Waals surface area contributed by atoms with Gasteiger partial charge in [0.15, 0.2) is 0 Å². The Kier molecular flexibility index (Phi) is 5.88. The molecule has 6 heteroatoms. The maximum atomic E-state index is 11.4. The molecule has 1 aliphatic carbocycles. The molecule has 0 bridgehead atoms. The molecule has 0 atom stereocenters. The van der Waals surface area contributed by atoms with Crippen molar-refractivity contribution in [1.29, 1.82) is 0 Å². The van der Waals surface area contributed by atoms with Crippen molar-refractivity contribution < 1.29 is 9.21 Å². The maximum Gasteiger partial charge on any atom is 0.276 e. The third kappa shape index (κ3) is 4.51. The second-order valence-corrected chi connectivity index (χ2v) is 6.53. The Balaban J connectivity index is 1.71. The number of hydrogen-bond donors (Lipinski definition) is 0. The number of thioether (sulfide) groups is 1. The van der Waals surface area contributed by atoms with E-state index in [1.807, 2.05) is 0 Å². The number of hydrogen-bond acceptors (Lipinski definition) is 5. The zero-order chi connectivity index (χ0) is 14.4. The quantitative estimate of drug-likeness (QED) is 0.596. The average molecular weight is 297 g/mol. The summed E-state index contributed by atoms with van der Waals surface area (Å²) >= 11 is 1.55. The largest absolute Gasteiger partial charge is 0.416 e. The number of carbonyl (C=O) groups excluding carboxylic acids is 1. The summed E-state index contributed by atoms with van der Waals surface area (Å²) in [5, 5.41) is 8.90. The van der Waals surface area contributed by atoms with Crippen LogP contribution in [0.15, 0.2) is 9.64 Å². The summed E-state index contributed by atoms with van der Waals surface area (Å²) in [5.41, 5.74) is 0. The van der Waals surface area contributed by atoms with Crippen molar-refractivity contribution in [3.05, 3.63) is 5.89 Å². The van der Waals surface area contributed by atoms with Gasteiger partial charge in [0.05, 0.1) is 0 Å². The van der Waals surface area contributed by atoms with E-state index < -0.39 is 0 Å². The standard InChI is InChI=1S/C14H23N3O2S/c1-17(2)12(18)9-6-10-20-14-16-15-13(19-14)11-7-4-3-5-8-11/h11H,3-10H2,1-2H3. The predicted molar refractivity (Wildman–Crippen MR) is 78.8 cm³/mol. The first-order chi connectivity index (χ1) is 9.66. The number of aromatic nitrogens is 2. The van der Waals surface area contributed by atoms with Gasteiger partial charge in [-0.1, -0.05) is 31.0 Å². The van der Waals surface area contributed by atoms with Gasteiger partial charge in [0.1, 0.15) is 0 Å². The number of nitrogens with zero attached hydrogens (tertiary/aromatic N) is 3. The first kappa shape index (κ1) is 15.4. The second-order valence-electron chi connectivity index (χ2n) is 5.48. The molecule has 0 aliphatic heterocycles. The topological polar surface area (TPSA) is 59.2 Å². The van der Waals surface area contributed by atoms with E-state index in [9.17, 15) is 4.79 Å². The fraction of sp³-hybridized carbons (Fsp3) is 0.786. The Morgan fingerprint density at radius 3 is 2.75 bits per heavy atom. The highest BCUT2D eigenvalue weighted by atomic mass is 32.2. The van der Waals surface area contributed by atoms with Crippen molar-refractivity contribution in [2.24, 2.45) is 0 Å². The number of amides is 1. The van der Waals surface area contributed by atoms with Crippen LogP contribution in [0.3, 0.4) is 0 Å². The van der Waals surface area contributed by atoms with Crippen molar-refractivity contribution in [1.82, 2.24) is 15.1 Å². The Morgan fingerprint density at radius 1 is 1.30 bits per heavy atom. The molecular formula is C14H23N3O2S. The van der Waals surface area contributed by atoms with Crippen LogP contribution >= 0.6 is 11.8 Å². The zero-order valence-electron chi connectivity index (χ0n) is 12.3. The van der Waals surface area contributed by atoms with E-state index in [4.69, 9.17) is 4.42 Å². The van der Waals surface area contributed by atoms with Crippen LogP contribution in [0.4, 0.5) is 0 Å². The lowest BCUT2D eigenvalue weighted by Gasteiger charge is -2.17. The van der Waals surface area contributed by atoms with Gasteiger partial charge in [0.25, 0.3) is 5.22 Å². The van der Waals surface area contributed by atoms with Gasteiger partial charge in [-0.05, 0) is 19.3 Å². The molecule has 0 aromatic carbocycles. The first-order valence-electron chi connectivity index (χ1n) is 7.33. The van der Waals surface area contributed by atoms with Crippen molar-refractivity contribution in [2.45, 2.75) is 56.1 Å². The highest BCUT2D eigenvalue weighted by Gasteiger charge is 2.21. The summed E-state index contributed by atoms with van der Waals surface area (Å²) in [6, 6.07) is 0. The van der Waals surface area contributed by atoms with Crippen LogP contribution in [0.1, 0.15) is 56.8 Å². The van der Waals surface area contributed by atoms with Crippen LogP contribution in [0.25, 0.3) is 0 Å². The third-order valence-corrected chi connectivity index (χ3v) is 4.54. The van der Waals surface area contributed by atoms with Gasteiger partial charge in [-0.15, -0.1) is 10.2 Å². The molecule has 1 aromatic heterocycles. The van der Waals surface area contributed by atoms with Gasteiger partial charge in [-0.3, -0.25) is 4.79 Å². The molecule has 1 amide bonds. The summed E-state index contributed by atoms with van der Waals surface area (Å²) < 4.78 is 5.72. The molecule has 2 rings (SSSR count). The summed E-state index contributed by atoms with van der Waals surface area (Å²) in [7, 11) is 3.56. The number of carbonyl (C=O) groups is 1. The molecule has 1 heterocycles. The summed E-state index contributed by atoms with van der Waals surface area (Å²) in [5.74, 6) is 2.27. The van der Waals surface area contributed by atoms with E-state index in [0.717, 1.165) is 18.1 Å². The van der Waals surface area contributed by atoms with E-state index in [-0.39, 0.29) is 5.91 Å². The van der Waals surface area contributed by atoms with Crippen LogP contribution in [0, 0.1) is 0 Å². The fourth-order valence-corrected chi connectivity index (χ4v) is 3.11. The molecule has 1 fully saturated rings. The van der Waals surface area contributed by atoms with Crippen LogP contribution in [0.5, 0.6) is 0 Å². The molecule has 5 nitrogen and oxygen atoms in total. The van der Waals surface area contributed by atoms with Crippen LogP contribution in [0.2, 0.25) is 0 Å². The minimum absolute atomic E-state index is 0.166. The van der Waals surface area contributed by atoms with Gasteiger partial charge in [-0.25, -0.2) is 0 Å². The van der Waals surface area contributed by atoms with Gasteiger partial charge < -0.3 is 9.32 Å². The molecule has 1 aliphatic rings. The monoisotopic (exact) mass is 297 g/mol. The molecule has 0 radical (unpaired) electrons. The molecular weight excluding hydrogens is 274 g/mol. The SMILES string of the molecule is CN(C)C(=O)CCCSc1nnc(C2CCCCC2)o1. The lowest BCUT2D eigenvalue weighted by molar-refractivity contribution is -0.128. The normalized spacial score (nSPS) is 16.3. The molecule has 1 saturated carbocycles. The van der Waals surface area contributed by atoms with E-state index in [2.05, 4.69) is 10.2 Å². The van der Waals surface area contributed by atoms with Gasteiger partial charge in [-0.2, -0.15) is 0 Å². The fourth-order valence-electron chi connectivity index (χ4n) is 2.40. The first-order valence-corrected chi connectivity index (χ1v) is 8.31. The predicted octanol–water partition coefficient (Wildman–Crippen LogP) is 3.08. The van der Waals surface area contributed by atoms with E-state index in [1.54, 1.807) is 30.8 Å². The van der Waals surface area contributed by atoms with Crippen molar-refractivity contribution in [2.75, 3.05) is 19.8 Å². The molecule has 1 aromatic rings. The van der Waals surface area contributed by atoms with E-state index in [1.165, 1.54) is 32.1 Å². The van der Waals surface area contributed by atoms with E-state index in [0.29, 0.717) is 17.6 Å². The lowest BCUT2D eigenvalue weighted by Crippen LogP contribution is -2.21. The van der Waals surface area contributed by atoms with E-state index >= 15 is 0 Å². The van der Waals surface area contributed by atoms with Gasteiger partial charge in [0.2, 0.25) is 11.8 Å². The Bertz CT molecular complexity index is 428. The average Bonchev–Trinajstić information content (AvgIpc) is 2.93. The van der Waals surface area contributed by atoms with Crippen molar-refractivity contribution in [3.63, 3.8) is 0 Å². The number of rotatable bonds is 6. The Hall–Kier alpha value is -1.04. The second kappa shape index (κ2) is 7.67. The van der Waals surface area contributed by atoms with Crippen molar-refractivity contribution >= 4 is 17.7 Å². The van der Waals surface area contributed by atoms with Crippen LogP contribution < -0.4 is 0 Å². The molecule has 0 spiro atoms. The lowest BCUT2D eigenvalue weighted by atomic mass is 9.89. The summed E-state index contributed by atoms with van der Waals surface area (Å²) in [6.45, 7) is 0. The highest BCUT2D eigenvalue weighted by Crippen LogP contribution is 2.32. The van der Waals surface area contributed by atoms with Crippen molar-refractivity contribution in [3.8, 4) is 0 Å². The molecule has 0 saturated heterocycles. The van der Waals surface area contributed by atoms with Gasteiger partial charge in [0, 0.05) is 32.2 Å². The molecule has 0 unspecified atom stereocenters. The highest BCUT2D eigenvalue weighted by molar-refractivity contribution is 7.99.